The molecule has 2 unspecified atom stereocenters. The van der Waals surface area contributed by atoms with Crippen molar-refractivity contribution in [2.75, 3.05) is 20.2 Å². The molecule has 0 bridgehead atoms. The fourth-order valence-electron chi connectivity index (χ4n) is 3.39. The van der Waals surface area contributed by atoms with Gasteiger partial charge in [-0.25, -0.2) is 0 Å². The maximum atomic E-state index is 12.3. The van der Waals surface area contributed by atoms with Crippen LogP contribution in [0.3, 0.4) is 0 Å². The molecular formula is C15H25NO4. The summed E-state index contributed by atoms with van der Waals surface area (Å²) in [5, 5.41) is 8.96. The van der Waals surface area contributed by atoms with Crippen LogP contribution < -0.4 is 0 Å². The summed E-state index contributed by atoms with van der Waals surface area (Å²) >= 11 is 0. The summed E-state index contributed by atoms with van der Waals surface area (Å²) in [6.07, 6.45) is 6.41. The van der Waals surface area contributed by atoms with Crippen molar-refractivity contribution in [3.8, 4) is 0 Å². The number of carboxylic acid groups (broad SMARTS) is 1. The normalized spacial score (nSPS) is 28.4. The second-order valence-corrected chi connectivity index (χ2v) is 6.09. The van der Waals surface area contributed by atoms with Crippen molar-refractivity contribution < 1.29 is 19.4 Å². The van der Waals surface area contributed by atoms with Gasteiger partial charge in [0.05, 0.1) is 12.0 Å². The molecule has 1 aliphatic carbocycles. The van der Waals surface area contributed by atoms with E-state index in [4.69, 9.17) is 9.84 Å². The van der Waals surface area contributed by atoms with Gasteiger partial charge in [0.2, 0.25) is 5.91 Å². The van der Waals surface area contributed by atoms with E-state index in [1.807, 2.05) is 4.90 Å². The highest BCUT2D eigenvalue weighted by atomic mass is 16.5. The zero-order valence-corrected chi connectivity index (χ0v) is 12.2. The molecule has 1 saturated heterocycles. The second kappa shape index (κ2) is 7.07. The Morgan fingerprint density at radius 2 is 1.90 bits per heavy atom. The summed E-state index contributed by atoms with van der Waals surface area (Å²) in [4.78, 5) is 25.0. The molecule has 0 spiro atoms. The molecule has 0 aromatic rings. The maximum Gasteiger partial charge on any atom is 0.306 e. The molecule has 2 aliphatic rings. The lowest BCUT2D eigenvalue weighted by atomic mass is 9.84. The van der Waals surface area contributed by atoms with Gasteiger partial charge in [-0.1, -0.05) is 6.42 Å². The number of nitrogens with zero attached hydrogens (tertiary/aromatic N) is 1. The van der Waals surface area contributed by atoms with Crippen molar-refractivity contribution >= 4 is 11.9 Å². The van der Waals surface area contributed by atoms with Crippen LogP contribution in [-0.4, -0.2) is 48.2 Å². The van der Waals surface area contributed by atoms with Crippen molar-refractivity contribution in [1.82, 2.24) is 4.90 Å². The molecule has 2 atom stereocenters. The molecule has 0 radical (unpaired) electrons. The zero-order chi connectivity index (χ0) is 14.5. The van der Waals surface area contributed by atoms with Gasteiger partial charge in [-0.3, -0.25) is 9.59 Å². The van der Waals surface area contributed by atoms with E-state index in [1.165, 1.54) is 0 Å². The molecule has 0 aromatic heterocycles. The number of hydrogen-bond donors (Lipinski definition) is 1. The summed E-state index contributed by atoms with van der Waals surface area (Å²) in [7, 11) is 1.74. The molecule has 1 aliphatic heterocycles. The number of amides is 1. The highest BCUT2D eigenvalue weighted by Gasteiger charge is 2.29. The monoisotopic (exact) mass is 283 g/mol. The van der Waals surface area contributed by atoms with Crippen molar-refractivity contribution in [1.29, 1.82) is 0 Å². The van der Waals surface area contributed by atoms with Gasteiger partial charge in [-0.2, -0.15) is 0 Å². The lowest BCUT2D eigenvalue weighted by Crippen LogP contribution is -2.41. The number of methoxy groups -OCH3 is 1. The minimum atomic E-state index is -0.729. The third kappa shape index (κ3) is 3.95. The van der Waals surface area contributed by atoms with Crippen LogP contribution in [0.1, 0.15) is 44.9 Å². The first-order valence-corrected chi connectivity index (χ1v) is 7.63. The Morgan fingerprint density at radius 1 is 1.20 bits per heavy atom. The van der Waals surface area contributed by atoms with Crippen molar-refractivity contribution in [2.24, 2.45) is 11.8 Å². The third-order valence-electron chi connectivity index (χ3n) is 4.73. The van der Waals surface area contributed by atoms with E-state index in [0.717, 1.165) is 25.7 Å². The van der Waals surface area contributed by atoms with Gasteiger partial charge < -0.3 is 14.7 Å². The number of carbonyl (C=O) groups is 2. The number of likely N-dealkylation sites (tertiary alicyclic amines) is 1. The number of rotatable bonds is 4. The van der Waals surface area contributed by atoms with Crippen LogP contribution in [-0.2, 0) is 14.3 Å². The second-order valence-electron chi connectivity index (χ2n) is 6.09. The number of carbonyl (C=O) groups excluding carboxylic acids is 1. The Bertz CT molecular complexity index is 350. The summed E-state index contributed by atoms with van der Waals surface area (Å²) in [6, 6.07) is 0. The van der Waals surface area contributed by atoms with E-state index in [-0.39, 0.29) is 11.8 Å². The fourth-order valence-corrected chi connectivity index (χ4v) is 3.39. The predicted octanol–water partition coefficient (Wildman–Crippen LogP) is 1.90. The summed E-state index contributed by atoms with van der Waals surface area (Å²) < 4.78 is 5.40. The quantitative estimate of drug-likeness (QED) is 0.855. The number of hydrogen-bond acceptors (Lipinski definition) is 3. The van der Waals surface area contributed by atoms with Crippen LogP contribution in [0.4, 0.5) is 0 Å². The first-order valence-electron chi connectivity index (χ1n) is 7.63. The minimum absolute atomic E-state index is 0.190. The zero-order valence-electron chi connectivity index (χ0n) is 12.2. The number of piperidine rings is 1. The van der Waals surface area contributed by atoms with Crippen LogP contribution in [0.15, 0.2) is 0 Å². The summed E-state index contributed by atoms with van der Waals surface area (Å²) in [5.74, 6) is -0.382. The van der Waals surface area contributed by atoms with Crippen molar-refractivity contribution in [3.05, 3.63) is 0 Å². The molecule has 1 heterocycles. The highest BCUT2D eigenvalue weighted by molar-refractivity contribution is 5.77. The van der Waals surface area contributed by atoms with E-state index in [2.05, 4.69) is 0 Å². The smallest absolute Gasteiger partial charge is 0.306 e. The Morgan fingerprint density at radius 3 is 2.50 bits per heavy atom. The lowest BCUT2D eigenvalue weighted by Gasteiger charge is -2.33. The molecule has 0 aromatic carbocycles. The first kappa shape index (κ1) is 15.3. The molecule has 2 fully saturated rings. The van der Waals surface area contributed by atoms with E-state index >= 15 is 0 Å². The Kier molecular flexibility index (Phi) is 5.40. The largest absolute Gasteiger partial charge is 0.481 e. The van der Waals surface area contributed by atoms with Gasteiger partial charge >= 0.3 is 5.97 Å². The van der Waals surface area contributed by atoms with Crippen LogP contribution in [0.2, 0.25) is 0 Å². The highest BCUT2D eigenvalue weighted by Crippen LogP contribution is 2.29. The van der Waals surface area contributed by atoms with Gasteiger partial charge in [-0.15, -0.1) is 0 Å². The van der Waals surface area contributed by atoms with Gasteiger partial charge in [0.25, 0.3) is 0 Å². The topological polar surface area (TPSA) is 66.8 Å². The van der Waals surface area contributed by atoms with Crippen LogP contribution >= 0.6 is 0 Å². The Labute approximate surface area is 120 Å². The number of carboxylic acids is 1. The first-order chi connectivity index (χ1) is 9.60. The Hall–Kier alpha value is -1.10. The minimum Gasteiger partial charge on any atom is -0.481 e. The van der Waals surface area contributed by atoms with Crippen LogP contribution in [0.25, 0.3) is 0 Å². The molecule has 1 N–H and O–H groups in total. The van der Waals surface area contributed by atoms with Gasteiger partial charge in [0.1, 0.15) is 0 Å². The molecular weight excluding hydrogens is 258 g/mol. The van der Waals surface area contributed by atoms with Crippen molar-refractivity contribution in [3.63, 3.8) is 0 Å². The van der Waals surface area contributed by atoms with E-state index in [9.17, 15) is 9.59 Å². The van der Waals surface area contributed by atoms with Gasteiger partial charge in [0.15, 0.2) is 0 Å². The molecule has 1 amide bonds. The molecule has 5 nitrogen and oxygen atoms in total. The molecule has 114 valence electrons. The van der Waals surface area contributed by atoms with Crippen LogP contribution in [0.5, 0.6) is 0 Å². The van der Waals surface area contributed by atoms with E-state index in [0.29, 0.717) is 44.4 Å². The Balaban J connectivity index is 1.76. The molecule has 20 heavy (non-hydrogen) atoms. The van der Waals surface area contributed by atoms with Crippen molar-refractivity contribution in [2.45, 2.75) is 51.0 Å². The summed E-state index contributed by atoms with van der Waals surface area (Å²) in [5.41, 5.74) is 0. The standard InChI is InChI=1S/C15H25NO4/c1-20-13-4-2-3-11(9-13)10-14(17)16-7-5-12(6-8-16)15(18)19/h11-13H,2-10H2,1H3,(H,18,19). The fraction of sp³-hybridized carbons (Fsp3) is 0.867. The summed E-state index contributed by atoms with van der Waals surface area (Å²) in [6.45, 7) is 1.19. The third-order valence-corrected chi connectivity index (χ3v) is 4.73. The van der Waals surface area contributed by atoms with Gasteiger partial charge in [-0.05, 0) is 38.0 Å². The maximum absolute atomic E-state index is 12.3. The number of aliphatic carboxylic acids is 1. The average Bonchev–Trinajstić information content (AvgIpc) is 2.47. The number of ether oxygens (including phenoxy) is 1. The average molecular weight is 283 g/mol. The van der Waals surface area contributed by atoms with Gasteiger partial charge in [0, 0.05) is 26.6 Å². The lowest BCUT2D eigenvalue weighted by molar-refractivity contribution is -0.146. The predicted molar refractivity (Wildman–Crippen MR) is 74.3 cm³/mol. The molecule has 1 saturated carbocycles. The molecule has 2 rings (SSSR count). The van der Waals surface area contributed by atoms with E-state index < -0.39 is 5.97 Å². The van der Waals surface area contributed by atoms with E-state index in [1.54, 1.807) is 7.11 Å². The molecule has 5 heteroatoms. The SMILES string of the molecule is COC1CCCC(CC(=O)N2CCC(C(=O)O)CC2)C1. The van der Waals surface area contributed by atoms with Crippen LogP contribution in [0, 0.1) is 11.8 Å².